The zero-order valence-electron chi connectivity index (χ0n) is 18.6. The standard InChI is InChI=1S/C22H34ClN5O2/c1-13(17-11-15-10-16(23)6-7-18(15)26-20(17)30)25-21-24-9-8-19(27-21)28(14(2)29)12-22(3,4)5/h8-9,13,15-18H,6-7,10-12H2,1-5H3,(H,26,30)(H,24,25,27)/t13-,15?,16?,17?,18?/m0/s1. The molecule has 2 heterocycles. The maximum absolute atomic E-state index is 12.7. The number of aromatic nitrogens is 2. The Morgan fingerprint density at radius 1 is 1.37 bits per heavy atom. The highest BCUT2D eigenvalue weighted by molar-refractivity contribution is 6.20. The van der Waals surface area contributed by atoms with E-state index >= 15 is 0 Å². The summed E-state index contributed by atoms with van der Waals surface area (Å²) in [6, 6.07) is 1.85. The normalized spacial score (nSPS) is 27.6. The summed E-state index contributed by atoms with van der Waals surface area (Å²) in [5.41, 5.74) is -0.0610. The maximum atomic E-state index is 12.7. The molecule has 1 aliphatic heterocycles. The first-order valence-corrected chi connectivity index (χ1v) is 11.3. The first-order valence-electron chi connectivity index (χ1n) is 10.9. The number of alkyl halides is 1. The number of fused-ring (bicyclic) bond motifs is 1. The molecule has 0 aromatic carbocycles. The summed E-state index contributed by atoms with van der Waals surface area (Å²) in [5, 5.41) is 6.69. The average Bonchev–Trinajstić information content (AvgIpc) is 2.65. The lowest BCUT2D eigenvalue weighted by Crippen LogP contribution is -2.55. The third-order valence-electron chi connectivity index (χ3n) is 6.03. The van der Waals surface area contributed by atoms with Crippen LogP contribution in [0.3, 0.4) is 0 Å². The number of carbonyl (C=O) groups is 2. The second-order valence-corrected chi connectivity index (χ2v) is 10.6. The van der Waals surface area contributed by atoms with Gasteiger partial charge in [0.2, 0.25) is 17.8 Å². The van der Waals surface area contributed by atoms with Gasteiger partial charge in [-0.05, 0) is 50.0 Å². The van der Waals surface area contributed by atoms with Gasteiger partial charge in [0.25, 0.3) is 0 Å². The van der Waals surface area contributed by atoms with E-state index in [0.717, 1.165) is 25.7 Å². The lowest BCUT2D eigenvalue weighted by molar-refractivity contribution is -0.130. The number of hydrogen-bond acceptors (Lipinski definition) is 5. The van der Waals surface area contributed by atoms with Gasteiger partial charge in [0.05, 0.1) is 5.92 Å². The molecule has 0 spiro atoms. The molecule has 1 saturated heterocycles. The van der Waals surface area contributed by atoms with Crippen LogP contribution in [-0.2, 0) is 9.59 Å². The van der Waals surface area contributed by atoms with Gasteiger partial charge >= 0.3 is 0 Å². The smallest absolute Gasteiger partial charge is 0.225 e. The van der Waals surface area contributed by atoms with Crippen LogP contribution in [0.25, 0.3) is 0 Å². The van der Waals surface area contributed by atoms with Crippen LogP contribution in [0.15, 0.2) is 12.3 Å². The Morgan fingerprint density at radius 2 is 2.10 bits per heavy atom. The van der Waals surface area contributed by atoms with Crippen LogP contribution >= 0.6 is 11.6 Å². The van der Waals surface area contributed by atoms with Gasteiger partial charge in [0.15, 0.2) is 0 Å². The predicted octanol–water partition coefficient (Wildman–Crippen LogP) is 3.59. The molecule has 5 atom stereocenters. The average molecular weight is 436 g/mol. The lowest BCUT2D eigenvalue weighted by Gasteiger charge is -2.42. The number of carbonyl (C=O) groups excluding carboxylic acids is 2. The number of piperidine rings is 1. The second kappa shape index (κ2) is 9.08. The molecule has 3 rings (SSSR count). The van der Waals surface area contributed by atoms with Crippen LogP contribution in [0.1, 0.15) is 60.3 Å². The molecule has 1 aromatic heterocycles. The summed E-state index contributed by atoms with van der Waals surface area (Å²) < 4.78 is 0. The molecular formula is C22H34ClN5O2. The molecule has 30 heavy (non-hydrogen) atoms. The summed E-state index contributed by atoms with van der Waals surface area (Å²) in [7, 11) is 0. The van der Waals surface area contributed by atoms with E-state index < -0.39 is 0 Å². The molecule has 0 bridgehead atoms. The Hall–Kier alpha value is -1.89. The van der Waals surface area contributed by atoms with Gasteiger partial charge in [-0.3, -0.25) is 14.5 Å². The zero-order chi connectivity index (χ0) is 22.1. The van der Waals surface area contributed by atoms with E-state index in [4.69, 9.17) is 11.6 Å². The Balaban J connectivity index is 1.70. The highest BCUT2D eigenvalue weighted by atomic mass is 35.5. The highest BCUT2D eigenvalue weighted by Crippen LogP contribution is 2.36. The van der Waals surface area contributed by atoms with E-state index in [2.05, 4.69) is 41.4 Å². The Bertz CT molecular complexity index is 781. The maximum Gasteiger partial charge on any atom is 0.225 e. The number of hydrogen-bond donors (Lipinski definition) is 2. The van der Waals surface area contributed by atoms with E-state index in [-0.39, 0.29) is 40.6 Å². The first-order chi connectivity index (χ1) is 14.0. The van der Waals surface area contributed by atoms with Crippen molar-refractivity contribution in [2.24, 2.45) is 17.3 Å². The van der Waals surface area contributed by atoms with Crippen molar-refractivity contribution in [1.29, 1.82) is 0 Å². The number of amides is 2. The molecule has 2 aliphatic rings. The molecule has 166 valence electrons. The molecule has 1 aromatic rings. The molecule has 0 radical (unpaired) electrons. The summed E-state index contributed by atoms with van der Waals surface area (Å²) in [6.07, 6.45) is 5.33. The Morgan fingerprint density at radius 3 is 2.77 bits per heavy atom. The molecule has 8 heteroatoms. The van der Waals surface area contributed by atoms with Gasteiger partial charge in [0.1, 0.15) is 5.82 Å². The number of anilines is 2. The Labute approximate surface area is 184 Å². The molecule has 1 saturated carbocycles. The van der Waals surface area contributed by atoms with Crippen molar-refractivity contribution in [3.8, 4) is 0 Å². The lowest BCUT2D eigenvalue weighted by atomic mass is 9.74. The topological polar surface area (TPSA) is 87.2 Å². The van der Waals surface area contributed by atoms with Crippen LogP contribution in [0, 0.1) is 17.3 Å². The fourth-order valence-corrected chi connectivity index (χ4v) is 4.87. The van der Waals surface area contributed by atoms with E-state index in [9.17, 15) is 9.59 Å². The van der Waals surface area contributed by atoms with Crippen LogP contribution in [0.5, 0.6) is 0 Å². The third kappa shape index (κ3) is 5.62. The highest BCUT2D eigenvalue weighted by Gasteiger charge is 2.41. The molecule has 2 amide bonds. The first kappa shape index (κ1) is 22.8. The van der Waals surface area contributed by atoms with E-state index in [1.54, 1.807) is 24.1 Å². The van der Waals surface area contributed by atoms with Gasteiger partial charge in [0, 0.05) is 37.1 Å². The minimum absolute atomic E-state index is 0.0610. The summed E-state index contributed by atoms with van der Waals surface area (Å²) >= 11 is 6.37. The monoisotopic (exact) mass is 435 g/mol. The number of nitrogens with zero attached hydrogens (tertiary/aromatic N) is 3. The predicted molar refractivity (Wildman–Crippen MR) is 120 cm³/mol. The SMILES string of the molecule is CC(=O)N(CC(C)(C)C)c1ccnc(N[C@@H](C)C2CC3CC(Cl)CCC3NC2=O)n1. The summed E-state index contributed by atoms with van der Waals surface area (Å²) in [6.45, 7) is 10.3. The number of rotatable bonds is 5. The second-order valence-electron chi connectivity index (χ2n) is 9.96. The third-order valence-corrected chi connectivity index (χ3v) is 6.43. The number of nitrogens with one attached hydrogen (secondary N) is 2. The van der Waals surface area contributed by atoms with Gasteiger partial charge in [-0.25, -0.2) is 4.98 Å². The van der Waals surface area contributed by atoms with Crippen LogP contribution < -0.4 is 15.5 Å². The molecule has 2 fully saturated rings. The van der Waals surface area contributed by atoms with Crippen molar-refractivity contribution in [1.82, 2.24) is 15.3 Å². The molecule has 1 aliphatic carbocycles. The largest absolute Gasteiger partial charge is 0.353 e. The van der Waals surface area contributed by atoms with Gasteiger partial charge in [-0.1, -0.05) is 20.8 Å². The van der Waals surface area contributed by atoms with E-state index in [1.165, 1.54) is 0 Å². The van der Waals surface area contributed by atoms with Crippen molar-refractivity contribution in [3.63, 3.8) is 0 Å². The fourth-order valence-electron chi connectivity index (χ4n) is 4.51. The molecule has 7 nitrogen and oxygen atoms in total. The summed E-state index contributed by atoms with van der Waals surface area (Å²) in [5.74, 6) is 1.26. The van der Waals surface area contributed by atoms with E-state index in [1.807, 2.05) is 6.92 Å². The van der Waals surface area contributed by atoms with Crippen molar-refractivity contribution in [2.75, 3.05) is 16.8 Å². The van der Waals surface area contributed by atoms with Crippen LogP contribution in [0.2, 0.25) is 0 Å². The van der Waals surface area contributed by atoms with E-state index in [0.29, 0.717) is 24.2 Å². The Kier molecular flexibility index (Phi) is 6.90. The van der Waals surface area contributed by atoms with Gasteiger partial charge in [-0.15, -0.1) is 11.6 Å². The molecule has 4 unspecified atom stereocenters. The zero-order valence-corrected chi connectivity index (χ0v) is 19.4. The van der Waals surface area contributed by atoms with Crippen LogP contribution in [-0.4, -0.2) is 45.8 Å². The summed E-state index contributed by atoms with van der Waals surface area (Å²) in [4.78, 5) is 35.4. The van der Waals surface area contributed by atoms with Crippen molar-refractivity contribution >= 4 is 35.2 Å². The van der Waals surface area contributed by atoms with Crippen LogP contribution in [0.4, 0.5) is 11.8 Å². The fraction of sp³-hybridized carbons (Fsp3) is 0.727. The van der Waals surface area contributed by atoms with Crippen molar-refractivity contribution < 1.29 is 9.59 Å². The van der Waals surface area contributed by atoms with Crippen molar-refractivity contribution in [3.05, 3.63) is 12.3 Å². The van der Waals surface area contributed by atoms with Gasteiger partial charge < -0.3 is 10.6 Å². The molecular weight excluding hydrogens is 402 g/mol. The minimum atomic E-state index is -0.168. The molecule has 2 N–H and O–H groups in total. The minimum Gasteiger partial charge on any atom is -0.353 e. The van der Waals surface area contributed by atoms with Crippen molar-refractivity contribution in [2.45, 2.75) is 77.8 Å². The quantitative estimate of drug-likeness (QED) is 0.690. The van der Waals surface area contributed by atoms with Gasteiger partial charge in [-0.2, -0.15) is 4.98 Å². The number of halogens is 1.